The van der Waals surface area contributed by atoms with Crippen molar-refractivity contribution in [2.45, 2.75) is 25.8 Å². The van der Waals surface area contributed by atoms with Crippen molar-refractivity contribution in [1.82, 2.24) is 9.88 Å². The third kappa shape index (κ3) is 2.61. The molecule has 2 atom stereocenters. The van der Waals surface area contributed by atoms with E-state index in [1.54, 1.807) is 18.3 Å². The number of likely N-dealkylation sites (tertiary alicyclic amines) is 1. The van der Waals surface area contributed by atoms with Crippen LogP contribution >= 0.6 is 0 Å². The fraction of sp³-hybridized carbons (Fsp3) is 0.385. The summed E-state index contributed by atoms with van der Waals surface area (Å²) in [4.78, 5) is 38.5. The summed E-state index contributed by atoms with van der Waals surface area (Å²) in [6.07, 6.45) is 0.404. The van der Waals surface area contributed by atoms with Gasteiger partial charge in [-0.2, -0.15) is 0 Å². The summed E-state index contributed by atoms with van der Waals surface area (Å²) in [5.41, 5.74) is 1.63. The third-order valence-corrected chi connectivity index (χ3v) is 3.34. The number of pyridine rings is 1. The number of carboxylic acids is 1. The van der Waals surface area contributed by atoms with E-state index in [9.17, 15) is 14.4 Å². The molecule has 0 bridgehead atoms. The lowest BCUT2D eigenvalue weighted by Gasteiger charge is -2.15. The van der Waals surface area contributed by atoms with Crippen molar-refractivity contribution in [1.29, 1.82) is 0 Å². The number of aliphatic carboxylic acids is 1. The Morgan fingerprint density at radius 3 is 2.65 bits per heavy atom. The molecule has 1 fully saturated rings. The molecule has 1 aliphatic rings. The van der Waals surface area contributed by atoms with Gasteiger partial charge >= 0.3 is 12.1 Å². The number of amides is 2. The van der Waals surface area contributed by atoms with Crippen molar-refractivity contribution in [3.8, 4) is 0 Å². The number of carbonyl (C=O) groups excluding carboxylic acids is 1. The highest BCUT2D eigenvalue weighted by molar-refractivity contribution is 5.99. The molecule has 0 radical (unpaired) electrons. The topological polar surface area (TPSA) is 108 Å². The zero-order valence-electron chi connectivity index (χ0n) is 10.8. The Balaban J connectivity index is 2.20. The predicted molar refractivity (Wildman–Crippen MR) is 67.1 cm³/mol. The first-order chi connectivity index (χ1) is 9.40. The molecule has 2 amide bonds. The summed E-state index contributed by atoms with van der Waals surface area (Å²) < 4.78 is 0. The monoisotopic (exact) mass is 278 g/mol. The minimum absolute atomic E-state index is 0.00182. The fourth-order valence-electron chi connectivity index (χ4n) is 2.45. The summed E-state index contributed by atoms with van der Waals surface area (Å²) in [6, 6.07) is 2.24. The molecule has 2 rings (SSSR count). The number of aryl methyl sites for hydroxylation is 1. The molecule has 20 heavy (non-hydrogen) atoms. The van der Waals surface area contributed by atoms with Gasteiger partial charge in [0.05, 0.1) is 0 Å². The maximum Gasteiger partial charge on any atom is 0.414 e. The Labute approximate surface area is 114 Å². The predicted octanol–water partition coefficient (Wildman–Crippen LogP) is 0.912. The minimum Gasteiger partial charge on any atom is -0.480 e. The molecule has 2 N–H and O–H groups in total. The maximum absolute atomic E-state index is 12.0. The number of rotatable bonds is 3. The van der Waals surface area contributed by atoms with Gasteiger partial charge in [-0.15, -0.1) is 0 Å². The molecule has 7 heteroatoms. The number of nitrogens with zero attached hydrogens (tertiary/aromatic N) is 2. The molecule has 0 aliphatic carbocycles. The fourth-order valence-corrected chi connectivity index (χ4v) is 2.45. The summed E-state index contributed by atoms with van der Waals surface area (Å²) >= 11 is 0. The number of imide groups is 1. The Kier molecular flexibility index (Phi) is 3.69. The van der Waals surface area contributed by atoms with Gasteiger partial charge in [0.15, 0.2) is 0 Å². The van der Waals surface area contributed by atoms with Crippen LogP contribution in [-0.2, 0) is 16.0 Å². The summed E-state index contributed by atoms with van der Waals surface area (Å²) in [6.45, 7) is 1.81. The van der Waals surface area contributed by atoms with Gasteiger partial charge in [-0.05, 0) is 37.5 Å². The highest BCUT2D eigenvalue weighted by atomic mass is 16.4. The third-order valence-electron chi connectivity index (χ3n) is 3.34. The number of carbonyl (C=O) groups is 3. The first-order valence-corrected chi connectivity index (χ1v) is 6.10. The van der Waals surface area contributed by atoms with E-state index in [0.29, 0.717) is 11.3 Å². The van der Waals surface area contributed by atoms with E-state index in [1.807, 2.05) is 6.92 Å². The average Bonchev–Trinajstić information content (AvgIpc) is 2.67. The lowest BCUT2D eigenvalue weighted by Crippen LogP contribution is -2.42. The highest BCUT2D eigenvalue weighted by Gasteiger charge is 2.46. The smallest absolute Gasteiger partial charge is 0.414 e. The normalized spacial score (nSPS) is 22.1. The van der Waals surface area contributed by atoms with Gasteiger partial charge in [0.1, 0.15) is 6.04 Å². The molecule has 0 spiro atoms. The Bertz CT molecular complexity index is 572. The number of aromatic nitrogens is 1. The second-order valence-electron chi connectivity index (χ2n) is 4.79. The van der Waals surface area contributed by atoms with E-state index in [1.165, 1.54) is 0 Å². The zero-order valence-corrected chi connectivity index (χ0v) is 10.8. The van der Waals surface area contributed by atoms with Crippen LogP contribution < -0.4 is 0 Å². The van der Waals surface area contributed by atoms with Crippen LogP contribution in [0.1, 0.15) is 17.7 Å². The van der Waals surface area contributed by atoms with Crippen LogP contribution in [-0.4, -0.2) is 44.1 Å². The second kappa shape index (κ2) is 5.28. The van der Waals surface area contributed by atoms with E-state index in [-0.39, 0.29) is 6.42 Å². The van der Waals surface area contributed by atoms with Crippen molar-refractivity contribution < 1.29 is 24.6 Å². The summed E-state index contributed by atoms with van der Waals surface area (Å²) in [5, 5.41) is 18.0. The van der Waals surface area contributed by atoms with Gasteiger partial charge in [-0.3, -0.25) is 9.78 Å². The van der Waals surface area contributed by atoms with Crippen molar-refractivity contribution in [3.63, 3.8) is 0 Å². The van der Waals surface area contributed by atoms with Crippen molar-refractivity contribution >= 4 is 18.0 Å². The molecular formula is C13H14N2O5. The van der Waals surface area contributed by atoms with Crippen LogP contribution in [0.4, 0.5) is 4.79 Å². The first kappa shape index (κ1) is 14.0. The molecule has 1 aliphatic heterocycles. The molecular weight excluding hydrogens is 264 g/mol. The van der Waals surface area contributed by atoms with E-state index < -0.39 is 29.9 Å². The molecule has 1 aromatic rings. The average molecular weight is 278 g/mol. The van der Waals surface area contributed by atoms with Gasteiger partial charge < -0.3 is 10.2 Å². The van der Waals surface area contributed by atoms with Crippen LogP contribution in [0.15, 0.2) is 18.3 Å². The van der Waals surface area contributed by atoms with Gasteiger partial charge in [-0.25, -0.2) is 14.5 Å². The SMILES string of the molecule is Cc1cc(C[C@H]2C[C@H](C(=O)O)N(C(=O)O)C2=O)ccn1. The van der Waals surface area contributed by atoms with Gasteiger partial charge in [0.2, 0.25) is 5.91 Å². The van der Waals surface area contributed by atoms with Crippen LogP contribution in [0, 0.1) is 12.8 Å². The standard InChI is InChI=1S/C13H14N2O5/c1-7-4-8(2-3-14-7)5-9-6-10(12(17)18)15(11(9)16)13(19)20/h2-4,9-10H,5-6H2,1H3,(H,17,18)(H,19,20)/t9-,10+/m0/s1. The summed E-state index contributed by atoms with van der Waals surface area (Å²) in [7, 11) is 0. The Hall–Kier alpha value is -2.44. The molecule has 0 saturated carbocycles. The molecule has 2 heterocycles. The van der Waals surface area contributed by atoms with E-state index in [2.05, 4.69) is 4.98 Å². The molecule has 1 saturated heterocycles. The van der Waals surface area contributed by atoms with Gasteiger partial charge in [0, 0.05) is 17.8 Å². The lowest BCUT2D eigenvalue weighted by atomic mass is 9.96. The van der Waals surface area contributed by atoms with Crippen molar-refractivity contribution in [2.75, 3.05) is 0 Å². The Morgan fingerprint density at radius 1 is 1.45 bits per heavy atom. The van der Waals surface area contributed by atoms with E-state index in [0.717, 1.165) is 11.3 Å². The van der Waals surface area contributed by atoms with Crippen LogP contribution in [0.25, 0.3) is 0 Å². The van der Waals surface area contributed by atoms with Crippen LogP contribution in [0.5, 0.6) is 0 Å². The molecule has 0 unspecified atom stereocenters. The lowest BCUT2D eigenvalue weighted by molar-refractivity contribution is -0.145. The maximum atomic E-state index is 12.0. The van der Waals surface area contributed by atoms with Gasteiger partial charge in [0.25, 0.3) is 0 Å². The second-order valence-corrected chi connectivity index (χ2v) is 4.79. The molecule has 106 valence electrons. The van der Waals surface area contributed by atoms with E-state index >= 15 is 0 Å². The minimum atomic E-state index is -1.52. The highest BCUT2D eigenvalue weighted by Crippen LogP contribution is 2.28. The first-order valence-electron chi connectivity index (χ1n) is 6.10. The quantitative estimate of drug-likeness (QED) is 0.850. The molecule has 0 aromatic carbocycles. The summed E-state index contributed by atoms with van der Waals surface area (Å²) in [5.74, 6) is -2.58. The number of hydrogen-bond donors (Lipinski definition) is 2. The molecule has 1 aromatic heterocycles. The number of hydrogen-bond acceptors (Lipinski definition) is 4. The van der Waals surface area contributed by atoms with Crippen molar-refractivity contribution in [3.05, 3.63) is 29.6 Å². The van der Waals surface area contributed by atoms with E-state index in [4.69, 9.17) is 10.2 Å². The van der Waals surface area contributed by atoms with Crippen LogP contribution in [0.2, 0.25) is 0 Å². The Morgan fingerprint density at radius 2 is 2.15 bits per heavy atom. The van der Waals surface area contributed by atoms with Gasteiger partial charge in [-0.1, -0.05) is 0 Å². The van der Waals surface area contributed by atoms with Crippen LogP contribution in [0.3, 0.4) is 0 Å². The zero-order chi connectivity index (χ0) is 14.9. The number of carboxylic acid groups (broad SMARTS) is 2. The largest absolute Gasteiger partial charge is 0.480 e. The molecule has 7 nitrogen and oxygen atoms in total. The van der Waals surface area contributed by atoms with Crippen molar-refractivity contribution in [2.24, 2.45) is 5.92 Å².